The fraction of sp³-hybridized carbons (Fsp3) is 0.333. The molecule has 0 rings (SSSR count). The van der Waals surface area contributed by atoms with Crippen molar-refractivity contribution in [3.8, 4) is 0 Å². The van der Waals surface area contributed by atoms with E-state index < -0.39 is 12.8 Å². The van der Waals surface area contributed by atoms with Gasteiger partial charge in [0.25, 0.3) is 0 Å². The van der Waals surface area contributed by atoms with Gasteiger partial charge < -0.3 is 9.79 Å². The van der Waals surface area contributed by atoms with Gasteiger partial charge in [0.2, 0.25) is 0 Å². The molecule has 0 aromatic carbocycles. The standard InChI is InChI=1S/C6H9F2O3P/c1-6(2-4-7,3-5-8)12(9,10)11/h2-5H,1H3,(H2,9,10,11)/b4-2+,5-3+. The minimum Gasteiger partial charge on any atom is -0.324 e. The highest BCUT2D eigenvalue weighted by Gasteiger charge is 2.37. The van der Waals surface area contributed by atoms with Gasteiger partial charge in [-0.1, -0.05) is 0 Å². The third-order valence-electron chi connectivity index (χ3n) is 1.43. The molecular formula is C6H9F2O3P. The molecule has 0 heterocycles. The molecule has 3 nitrogen and oxygen atoms in total. The lowest BCUT2D eigenvalue weighted by Gasteiger charge is -2.21. The molecule has 0 radical (unpaired) electrons. The van der Waals surface area contributed by atoms with Crippen molar-refractivity contribution in [2.45, 2.75) is 12.1 Å². The number of hydrogen-bond acceptors (Lipinski definition) is 1. The second-order valence-electron chi connectivity index (χ2n) is 2.36. The topological polar surface area (TPSA) is 57.5 Å². The van der Waals surface area contributed by atoms with Crippen LogP contribution in [0.2, 0.25) is 0 Å². The zero-order valence-electron chi connectivity index (χ0n) is 6.32. The number of rotatable bonds is 3. The Bertz CT molecular complexity index is 231. The summed E-state index contributed by atoms with van der Waals surface area (Å²) in [5.41, 5.74) is 0. The highest BCUT2D eigenvalue weighted by molar-refractivity contribution is 7.54. The predicted octanol–water partition coefficient (Wildman–Crippen LogP) is 1.89. The Morgan fingerprint density at radius 1 is 1.25 bits per heavy atom. The molecule has 0 aliphatic carbocycles. The first-order chi connectivity index (χ1) is 5.37. The zero-order valence-corrected chi connectivity index (χ0v) is 7.21. The number of allylic oxidation sites excluding steroid dienone is 2. The van der Waals surface area contributed by atoms with E-state index in [1.165, 1.54) is 0 Å². The van der Waals surface area contributed by atoms with E-state index in [0.29, 0.717) is 12.2 Å². The summed E-state index contributed by atoms with van der Waals surface area (Å²) in [6.45, 7) is 1.03. The fourth-order valence-corrected chi connectivity index (χ4v) is 1.01. The summed E-state index contributed by atoms with van der Waals surface area (Å²) < 4.78 is 34.0. The molecule has 0 fully saturated rings. The van der Waals surface area contributed by atoms with E-state index in [-0.39, 0.29) is 12.7 Å². The van der Waals surface area contributed by atoms with Crippen LogP contribution >= 0.6 is 7.60 Å². The van der Waals surface area contributed by atoms with Crippen molar-refractivity contribution in [2.75, 3.05) is 0 Å². The lowest BCUT2D eigenvalue weighted by atomic mass is 10.2. The minimum absolute atomic E-state index is 0.0287. The first-order valence-electron chi connectivity index (χ1n) is 2.99. The summed E-state index contributed by atoms with van der Waals surface area (Å²) in [5, 5.41) is -1.91. The lowest BCUT2D eigenvalue weighted by Crippen LogP contribution is -2.18. The largest absolute Gasteiger partial charge is 0.339 e. The molecule has 0 spiro atoms. The lowest BCUT2D eigenvalue weighted by molar-refractivity contribution is 0.355. The zero-order chi connectivity index (χ0) is 9.83. The van der Waals surface area contributed by atoms with Gasteiger partial charge in [0.15, 0.2) is 0 Å². The number of halogens is 2. The molecule has 0 saturated heterocycles. The summed E-state index contributed by atoms with van der Waals surface area (Å²) in [4.78, 5) is 17.3. The Balaban J connectivity index is 5.01. The molecule has 0 amide bonds. The van der Waals surface area contributed by atoms with Crippen molar-refractivity contribution in [1.82, 2.24) is 0 Å². The van der Waals surface area contributed by atoms with Crippen molar-refractivity contribution in [3.05, 3.63) is 24.8 Å². The van der Waals surface area contributed by atoms with E-state index in [9.17, 15) is 13.3 Å². The normalized spacial score (nSPS) is 14.8. The van der Waals surface area contributed by atoms with E-state index in [0.717, 1.165) is 6.92 Å². The van der Waals surface area contributed by atoms with Gasteiger partial charge in [0.05, 0.1) is 12.7 Å². The Labute approximate surface area is 68.6 Å². The van der Waals surface area contributed by atoms with E-state index in [2.05, 4.69) is 0 Å². The molecule has 6 heteroatoms. The average Bonchev–Trinajstić information content (AvgIpc) is 1.86. The highest BCUT2D eigenvalue weighted by Crippen LogP contribution is 2.52. The van der Waals surface area contributed by atoms with E-state index in [1.807, 2.05) is 0 Å². The van der Waals surface area contributed by atoms with Crippen molar-refractivity contribution in [1.29, 1.82) is 0 Å². The average molecular weight is 198 g/mol. The second-order valence-corrected chi connectivity index (χ2v) is 4.41. The van der Waals surface area contributed by atoms with Gasteiger partial charge in [0.1, 0.15) is 5.16 Å². The van der Waals surface area contributed by atoms with Crippen LogP contribution in [0.15, 0.2) is 24.8 Å². The summed E-state index contributed by atoms with van der Waals surface area (Å²) in [5.74, 6) is 0. The van der Waals surface area contributed by atoms with Gasteiger partial charge in [-0.25, -0.2) is 8.78 Å². The van der Waals surface area contributed by atoms with Crippen LogP contribution in [0.1, 0.15) is 6.92 Å². The van der Waals surface area contributed by atoms with Crippen LogP contribution in [-0.2, 0) is 4.57 Å². The Morgan fingerprint density at radius 3 is 1.75 bits per heavy atom. The second kappa shape index (κ2) is 3.94. The molecular weight excluding hydrogens is 189 g/mol. The van der Waals surface area contributed by atoms with Crippen LogP contribution in [0.3, 0.4) is 0 Å². The molecule has 0 aromatic rings. The van der Waals surface area contributed by atoms with Gasteiger partial charge in [-0.3, -0.25) is 4.57 Å². The van der Waals surface area contributed by atoms with Crippen molar-refractivity contribution in [2.24, 2.45) is 0 Å². The fourth-order valence-electron chi connectivity index (χ4n) is 0.505. The van der Waals surface area contributed by atoms with Gasteiger partial charge >= 0.3 is 7.60 Å². The molecule has 0 aliphatic heterocycles. The van der Waals surface area contributed by atoms with Crippen LogP contribution in [-0.4, -0.2) is 14.9 Å². The Kier molecular flexibility index (Phi) is 3.77. The van der Waals surface area contributed by atoms with Crippen molar-refractivity contribution in [3.63, 3.8) is 0 Å². The van der Waals surface area contributed by atoms with Gasteiger partial charge in [-0.2, -0.15) is 0 Å². The van der Waals surface area contributed by atoms with Gasteiger partial charge in [0, 0.05) is 0 Å². The van der Waals surface area contributed by atoms with Crippen molar-refractivity contribution < 1.29 is 23.1 Å². The third kappa shape index (κ3) is 2.52. The van der Waals surface area contributed by atoms with Crippen LogP contribution in [0.4, 0.5) is 8.78 Å². The molecule has 0 aromatic heterocycles. The minimum atomic E-state index is -4.57. The van der Waals surface area contributed by atoms with Crippen LogP contribution in [0.25, 0.3) is 0 Å². The molecule has 0 saturated carbocycles. The molecule has 2 N–H and O–H groups in total. The number of hydrogen-bond donors (Lipinski definition) is 2. The summed E-state index contributed by atoms with van der Waals surface area (Å²) in [6.07, 6.45) is 1.14. The molecule has 70 valence electrons. The van der Waals surface area contributed by atoms with Crippen molar-refractivity contribution >= 4 is 7.60 Å². The van der Waals surface area contributed by atoms with Crippen LogP contribution in [0, 0.1) is 0 Å². The molecule has 0 unspecified atom stereocenters. The van der Waals surface area contributed by atoms with E-state index >= 15 is 0 Å². The smallest absolute Gasteiger partial charge is 0.324 e. The first-order valence-corrected chi connectivity index (χ1v) is 4.60. The van der Waals surface area contributed by atoms with Crippen LogP contribution < -0.4 is 0 Å². The molecule has 0 atom stereocenters. The third-order valence-corrected chi connectivity index (χ3v) is 2.98. The Morgan fingerprint density at radius 2 is 1.58 bits per heavy atom. The molecule has 0 bridgehead atoms. The SMILES string of the molecule is CC(/C=C/F)(/C=C/F)P(=O)(O)O. The van der Waals surface area contributed by atoms with Gasteiger partial charge in [-0.15, -0.1) is 0 Å². The predicted molar refractivity (Wildman–Crippen MR) is 40.9 cm³/mol. The summed E-state index contributed by atoms with van der Waals surface area (Å²) >= 11 is 0. The van der Waals surface area contributed by atoms with Gasteiger partial charge in [-0.05, 0) is 19.1 Å². The maximum Gasteiger partial charge on any atom is 0.339 e. The molecule has 0 aliphatic rings. The monoisotopic (exact) mass is 198 g/mol. The van der Waals surface area contributed by atoms with E-state index in [4.69, 9.17) is 9.79 Å². The summed E-state index contributed by atoms with van der Waals surface area (Å²) in [6, 6.07) is 0. The molecule has 12 heavy (non-hydrogen) atoms. The first kappa shape index (κ1) is 11.5. The Hall–Kier alpha value is -0.510. The highest BCUT2D eigenvalue weighted by atomic mass is 31.2. The summed E-state index contributed by atoms with van der Waals surface area (Å²) in [7, 11) is -4.57. The van der Waals surface area contributed by atoms with E-state index in [1.54, 1.807) is 0 Å². The quantitative estimate of drug-likeness (QED) is 0.680. The maximum atomic E-state index is 11.7. The van der Waals surface area contributed by atoms with Crippen LogP contribution in [0.5, 0.6) is 0 Å². The maximum absolute atomic E-state index is 11.7.